The number of rotatable bonds is 8. The van der Waals surface area contributed by atoms with Crippen LogP contribution in [0.3, 0.4) is 0 Å². The van der Waals surface area contributed by atoms with Crippen LogP contribution in [0.2, 0.25) is 0 Å². The zero-order chi connectivity index (χ0) is 15.9. The average molecular weight is 288 g/mol. The summed E-state index contributed by atoms with van der Waals surface area (Å²) in [6, 6.07) is -3.10. The van der Waals surface area contributed by atoms with Gasteiger partial charge in [-0.05, 0) is 12.3 Å². The lowest BCUT2D eigenvalue weighted by Gasteiger charge is -2.23. The fourth-order valence-electron chi connectivity index (χ4n) is 1.49. The van der Waals surface area contributed by atoms with Gasteiger partial charge in [-0.2, -0.15) is 0 Å². The first-order chi connectivity index (χ1) is 9.15. The molecule has 0 rings (SSSR count). The van der Waals surface area contributed by atoms with E-state index >= 15 is 0 Å². The summed E-state index contributed by atoms with van der Waals surface area (Å²) in [6.07, 6.45) is -0.301. The van der Waals surface area contributed by atoms with Crippen LogP contribution >= 0.6 is 0 Å². The summed E-state index contributed by atoms with van der Waals surface area (Å²) in [6.45, 7) is 3.33. The lowest BCUT2D eigenvalue weighted by Crippen LogP contribution is -2.54. The summed E-state index contributed by atoms with van der Waals surface area (Å²) in [4.78, 5) is 44.4. The number of nitrogens with one attached hydrogen (secondary N) is 2. The molecule has 0 fully saturated rings. The Bertz CT molecular complexity index is 396. The molecule has 0 aromatic heterocycles. The monoisotopic (exact) mass is 288 g/mol. The second-order valence-corrected chi connectivity index (χ2v) is 4.63. The summed E-state index contributed by atoms with van der Waals surface area (Å²) < 4.78 is 0. The molecule has 0 aromatic carbocycles. The van der Waals surface area contributed by atoms with Crippen LogP contribution in [-0.4, -0.2) is 41.0 Å². The SMILES string of the molecule is CC(C)C(NC(N)=O)C(=O)N[C@H](CCC(N)=O)C(=O)O. The van der Waals surface area contributed by atoms with Gasteiger partial charge in [-0.1, -0.05) is 13.8 Å². The van der Waals surface area contributed by atoms with Gasteiger partial charge in [0.1, 0.15) is 12.1 Å². The van der Waals surface area contributed by atoms with E-state index in [1.54, 1.807) is 13.8 Å². The van der Waals surface area contributed by atoms with Gasteiger partial charge >= 0.3 is 12.0 Å². The Morgan fingerprint density at radius 2 is 1.65 bits per heavy atom. The number of primary amides is 2. The van der Waals surface area contributed by atoms with E-state index in [-0.39, 0.29) is 18.8 Å². The van der Waals surface area contributed by atoms with Crippen molar-refractivity contribution in [3.63, 3.8) is 0 Å². The highest BCUT2D eigenvalue weighted by Crippen LogP contribution is 2.04. The molecule has 9 heteroatoms. The van der Waals surface area contributed by atoms with Crippen LogP contribution in [0.4, 0.5) is 4.79 Å². The molecule has 4 amide bonds. The van der Waals surface area contributed by atoms with E-state index in [1.165, 1.54) is 0 Å². The Labute approximate surface area is 116 Å². The molecule has 20 heavy (non-hydrogen) atoms. The Morgan fingerprint density at radius 3 is 2.00 bits per heavy atom. The number of carboxylic acids is 1. The van der Waals surface area contributed by atoms with Gasteiger partial charge < -0.3 is 27.2 Å². The minimum absolute atomic E-state index is 0.127. The molecule has 0 saturated carbocycles. The van der Waals surface area contributed by atoms with Gasteiger partial charge in [0.15, 0.2) is 0 Å². The van der Waals surface area contributed by atoms with Crippen LogP contribution in [0.1, 0.15) is 26.7 Å². The predicted molar refractivity (Wildman–Crippen MR) is 69.3 cm³/mol. The van der Waals surface area contributed by atoms with E-state index in [9.17, 15) is 19.2 Å². The highest BCUT2D eigenvalue weighted by Gasteiger charge is 2.28. The van der Waals surface area contributed by atoms with Gasteiger partial charge in [0.05, 0.1) is 0 Å². The van der Waals surface area contributed by atoms with Crippen molar-refractivity contribution in [3.05, 3.63) is 0 Å². The van der Waals surface area contributed by atoms with Gasteiger partial charge in [-0.15, -0.1) is 0 Å². The van der Waals surface area contributed by atoms with Gasteiger partial charge in [-0.3, -0.25) is 9.59 Å². The maximum Gasteiger partial charge on any atom is 0.326 e. The number of carbonyl (C=O) groups excluding carboxylic acids is 3. The zero-order valence-corrected chi connectivity index (χ0v) is 11.4. The lowest BCUT2D eigenvalue weighted by atomic mass is 10.0. The second kappa shape index (κ2) is 7.97. The normalized spacial score (nSPS) is 13.3. The summed E-state index contributed by atoms with van der Waals surface area (Å²) in [5.41, 5.74) is 9.88. The summed E-state index contributed by atoms with van der Waals surface area (Å²) in [5.74, 6) is -2.92. The van der Waals surface area contributed by atoms with E-state index in [2.05, 4.69) is 10.6 Å². The number of nitrogens with two attached hydrogens (primary N) is 2. The smallest absolute Gasteiger partial charge is 0.326 e. The number of aliphatic carboxylic acids is 1. The van der Waals surface area contributed by atoms with Crippen LogP contribution < -0.4 is 22.1 Å². The van der Waals surface area contributed by atoms with Crippen molar-refractivity contribution in [2.45, 2.75) is 38.8 Å². The van der Waals surface area contributed by atoms with Gasteiger partial charge in [0, 0.05) is 6.42 Å². The first-order valence-electron chi connectivity index (χ1n) is 6.02. The Morgan fingerprint density at radius 1 is 1.10 bits per heavy atom. The quantitative estimate of drug-likeness (QED) is 0.366. The molecule has 0 aliphatic carbocycles. The van der Waals surface area contributed by atoms with Crippen LogP contribution in [0.5, 0.6) is 0 Å². The topological polar surface area (TPSA) is 165 Å². The van der Waals surface area contributed by atoms with E-state index in [4.69, 9.17) is 16.6 Å². The Balaban J connectivity index is 4.74. The summed E-state index contributed by atoms with van der Waals surface area (Å²) in [7, 11) is 0. The molecular formula is C11H20N4O5. The highest BCUT2D eigenvalue weighted by molar-refractivity contribution is 5.90. The molecule has 0 heterocycles. The molecule has 1 unspecified atom stereocenters. The summed E-state index contributed by atoms with van der Waals surface area (Å²) >= 11 is 0. The highest BCUT2D eigenvalue weighted by atomic mass is 16.4. The zero-order valence-electron chi connectivity index (χ0n) is 11.4. The molecule has 0 aliphatic heterocycles. The molecule has 7 N–H and O–H groups in total. The Kier molecular flexibility index (Phi) is 7.05. The molecule has 0 aliphatic rings. The average Bonchev–Trinajstić information content (AvgIpc) is 2.29. The lowest BCUT2D eigenvalue weighted by molar-refractivity contribution is -0.142. The number of carboxylic acid groups (broad SMARTS) is 1. The predicted octanol–water partition coefficient (Wildman–Crippen LogP) is -1.49. The number of hydrogen-bond acceptors (Lipinski definition) is 4. The van der Waals surface area contributed by atoms with Crippen molar-refractivity contribution in [1.82, 2.24) is 10.6 Å². The number of urea groups is 1. The summed E-state index contributed by atoms with van der Waals surface area (Å²) in [5, 5.41) is 13.4. The number of amides is 4. The molecular weight excluding hydrogens is 268 g/mol. The molecule has 0 aromatic rings. The third-order valence-corrected chi connectivity index (χ3v) is 2.54. The van der Waals surface area contributed by atoms with Crippen LogP contribution in [0.15, 0.2) is 0 Å². The number of carbonyl (C=O) groups is 4. The molecule has 114 valence electrons. The van der Waals surface area contributed by atoms with Crippen molar-refractivity contribution < 1.29 is 24.3 Å². The van der Waals surface area contributed by atoms with E-state index in [0.717, 1.165) is 0 Å². The third kappa shape index (κ3) is 6.57. The van der Waals surface area contributed by atoms with Gasteiger partial charge in [0.2, 0.25) is 11.8 Å². The Hall–Kier alpha value is -2.32. The van der Waals surface area contributed by atoms with Crippen LogP contribution in [-0.2, 0) is 14.4 Å². The maximum atomic E-state index is 11.9. The minimum Gasteiger partial charge on any atom is -0.480 e. The van der Waals surface area contributed by atoms with Crippen molar-refractivity contribution in [2.24, 2.45) is 17.4 Å². The van der Waals surface area contributed by atoms with E-state index in [0.29, 0.717) is 0 Å². The van der Waals surface area contributed by atoms with Crippen molar-refractivity contribution in [3.8, 4) is 0 Å². The van der Waals surface area contributed by atoms with Gasteiger partial charge in [-0.25, -0.2) is 9.59 Å². The third-order valence-electron chi connectivity index (χ3n) is 2.54. The van der Waals surface area contributed by atoms with Crippen molar-refractivity contribution in [2.75, 3.05) is 0 Å². The molecule has 2 atom stereocenters. The first kappa shape index (κ1) is 17.7. The molecule has 9 nitrogen and oxygen atoms in total. The van der Waals surface area contributed by atoms with Crippen LogP contribution in [0, 0.1) is 5.92 Å². The van der Waals surface area contributed by atoms with Crippen molar-refractivity contribution in [1.29, 1.82) is 0 Å². The van der Waals surface area contributed by atoms with Gasteiger partial charge in [0.25, 0.3) is 0 Å². The number of hydrogen-bond donors (Lipinski definition) is 5. The largest absolute Gasteiger partial charge is 0.480 e. The van der Waals surface area contributed by atoms with Crippen molar-refractivity contribution >= 4 is 23.8 Å². The van der Waals surface area contributed by atoms with E-state index < -0.39 is 35.9 Å². The maximum absolute atomic E-state index is 11.9. The fraction of sp³-hybridized carbons (Fsp3) is 0.636. The molecule has 0 saturated heterocycles. The second-order valence-electron chi connectivity index (χ2n) is 4.63. The standard InChI is InChI=1S/C11H20N4O5/c1-5(2)8(15-11(13)20)9(17)14-6(10(18)19)3-4-7(12)16/h5-6,8H,3-4H2,1-2H3,(H2,12,16)(H,14,17)(H,18,19)(H3,13,15,20)/t6-,8?/m1/s1. The first-order valence-corrected chi connectivity index (χ1v) is 6.02. The van der Waals surface area contributed by atoms with E-state index in [1.807, 2.05) is 0 Å². The minimum atomic E-state index is -1.29. The molecule has 0 radical (unpaired) electrons. The molecule has 0 spiro atoms. The fourth-order valence-corrected chi connectivity index (χ4v) is 1.49. The van der Waals surface area contributed by atoms with Crippen LogP contribution in [0.25, 0.3) is 0 Å². The molecule has 0 bridgehead atoms.